The van der Waals surface area contributed by atoms with Crippen LogP contribution in [-0.2, 0) is 11.8 Å². The van der Waals surface area contributed by atoms with Crippen molar-refractivity contribution < 1.29 is 19.4 Å². The van der Waals surface area contributed by atoms with Crippen LogP contribution in [0.4, 0.5) is 4.39 Å². The highest BCUT2D eigenvalue weighted by molar-refractivity contribution is 5.96. The van der Waals surface area contributed by atoms with Gasteiger partial charge < -0.3 is 20.8 Å². The van der Waals surface area contributed by atoms with Crippen LogP contribution >= 0.6 is 0 Å². The second-order valence-electron chi connectivity index (χ2n) is 8.71. The second-order valence-corrected chi connectivity index (χ2v) is 8.71. The lowest BCUT2D eigenvalue weighted by Gasteiger charge is -2.18. The molecule has 2 aromatic carbocycles. The van der Waals surface area contributed by atoms with Crippen LogP contribution < -0.4 is 10.6 Å². The summed E-state index contributed by atoms with van der Waals surface area (Å²) in [5.41, 5.74) is 3.47. The van der Waals surface area contributed by atoms with Crippen LogP contribution in [-0.4, -0.2) is 52.2 Å². The first-order valence-electron chi connectivity index (χ1n) is 12.2. The van der Waals surface area contributed by atoms with E-state index in [1.807, 2.05) is 49.7 Å². The van der Waals surface area contributed by atoms with Gasteiger partial charge in [0.05, 0.1) is 23.8 Å². The van der Waals surface area contributed by atoms with E-state index in [1.165, 1.54) is 12.1 Å². The molecule has 3 rings (SSSR count). The molecule has 0 radical (unpaired) electrons. The van der Waals surface area contributed by atoms with E-state index >= 15 is 0 Å². The lowest BCUT2D eigenvalue weighted by Crippen LogP contribution is -2.28. The lowest BCUT2D eigenvalue weighted by atomic mass is 9.96. The van der Waals surface area contributed by atoms with Gasteiger partial charge in [-0.1, -0.05) is 30.7 Å². The highest BCUT2D eigenvalue weighted by Crippen LogP contribution is 2.29. The summed E-state index contributed by atoms with van der Waals surface area (Å²) in [6.45, 7) is 0.315. The fraction of sp³-hybridized carbons (Fsp3) is 0.321. The molecule has 0 spiro atoms. The van der Waals surface area contributed by atoms with Crippen molar-refractivity contribution in [2.45, 2.75) is 31.8 Å². The molecule has 3 aromatic rings. The SMILES string of the molecule is Cn1cc2cc(/C(NCC(O)CO)=C(/C=C/CCCCCNC=O)c3ccc(C#N)c(F)c3)ccc2n1. The predicted molar refractivity (Wildman–Crippen MR) is 141 cm³/mol. The molecule has 194 valence electrons. The van der Waals surface area contributed by atoms with Crippen LogP contribution in [0.2, 0.25) is 0 Å². The molecule has 0 fully saturated rings. The molecule has 1 amide bonds. The standard InChI is InChI=1S/C28H32FN5O3/c1-34-17-23-13-21(10-11-27(23)33-34)28(32-16-24(37)18-35)25(7-5-3-2-4-6-12-31-19-36)20-8-9-22(15-30)26(29)14-20/h5,7-11,13-14,17,19,24,32,35,37H,2-4,6,12,16,18H2,1H3,(H,31,36)/b7-5+,28-25+. The number of nitriles is 1. The summed E-state index contributed by atoms with van der Waals surface area (Å²) in [7, 11) is 1.84. The van der Waals surface area contributed by atoms with E-state index in [2.05, 4.69) is 15.7 Å². The van der Waals surface area contributed by atoms with Gasteiger partial charge in [-0.2, -0.15) is 10.4 Å². The summed E-state index contributed by atoms with van der Waals surface area (Å²) in [5, 5.41) is 39.8. The average molecular weight is 506 g/mol. The van der Waals surface area contributed by atoms with Gasteiger partial charge in [-0.05, 0) is 54.7 Å². The summed E-state index contributed by atoms with van der Waals surface area (Å²) >= 11 is 0. The van der Waals surface area contributed by atoms with Gasteiger partial charge >= 0.3 is 0 Å². The Hall–Kier alpha value is -4.00. The molecule has 0 aliphatic carbocycles. The minimum atomic E-state index is -0.986. The number of benzene rings is 2. The van der Waals surface area contributed by atoms with Crippen LogP contribution in [0, 0.1) is 17.1 Å². The number of aliphatic hydroxyl groups excluding tert-OH is 2. The normalized spacial score (nSPS) is 12.8. The van der Waals surface area contributed by atoms with Crippen molar-refractivity contribution in [3.63, 3.8) is 0 Å². The molecular weight excluding hydrogens is 473 g/mol. The van der Waals surface area contributed by atoms with E-state index in [4.69, 9.17) is 0 Å². The van der Waals surface area contributed by atoms with Gasteiger partial charge in [0.25, 0.3) is 0 Å². The number of nitrogens with one attached hydrogen (secondary N) is 2. The van der Waals surface area contributed by atoms with Gasteiger partial charge in [-0.25, -0.2) is 4.39 Å². The number of carbonyl (C=O) groups is 1. The third-order valence-electron chi connectivity index (χ3n) is 5.86. The molecule has 0 aliphatic rings. The highest BCUT2D eigenvalue weighted by atomic mass is 19.1. The van der Waals surface area contributed by atoms with E-state index in [9.17, 15) is 24.7 Å². The molecule has 1 unspecified atom stereocenters. The Morgan fingerprint density at radius 3 is 2.76 bits per heavy atom. The van der Waals surface area contributed by atoms with Crippen molar-refractivity contribution >= 4 is 28.6 Å². The minimum Gasteiger partial charge on any atom is -0.394 e. The van der Waals surface area contributed by atoms with Gasteiger partial charge in [-0.15, -0.1) is 0 Å². The molecule has 9 heteroatoms. The maximum Gasteiger partial charge on any atom is 0.207 e. The van der Waals surface area contributed by atoms with Gasteiger partial charge in [0.2, 0.25) is 6.41 Å². The fourth-order valence-corrected chi connectivity index (χ4v) is 3.97. The zero-order valence-corrected chi connectivity index (χ0v) is 20.8. The average Bonchev–Trinajstić information content (AvgIpc) is 3.28. The number of hydrogen-bond acceptors (Lipinski definition) is 6. The molecule has 8 nitrogen and oxygen atoms in total. The number of allylic oxidation sites excluding steroid dienone is 3. The molecular formula is C28H32FN5O3. The molecule has 1 heterocycles. The summed E-state index contributed by atoms with van der Waals surface area (Å²) in [6.07, 6.45) is 9.04. The summed E-state index contributed by atoms with van der Waals surface area (Å²) in [5.74, 6) is -0.619. The predicted octanol–water partition coefficient (Wildman–Crippen LogP) is 3.26. The van der Waals surface area contributed by atoms with Crippen LogP contribution in [0.25, 0.3) is 22.2 Å². The Kier molecular flexibility index (Phi) is 10.4. The fourth-order valence-electron chi connectivity index (χ4n) is 3.97. The van der Waals surface area contributed by atoms with Crippen LogP contribution in [0.1, 0.15) is 42.4 Å². The zero-order valence-electron chi connectivity index (χ0n) is 20.8. The molecule has 37 heavy (non-hydrogen) atoms. The third-order valence-corrected chi connectivity index (χ3v) is 5.86. The van der Waals surface area contributed by atoms with Gasteiger partial charge in [0.1, 0.15) is 11.9 Å². The maximum atomic E-state index is 14.6. The summed E-state index contributed by atoms with van der Waals surface area (Å²) < 4.78 is 16.4. The van der Waals surface area contributed by atoms with E-state index in [-0.39, 0.29) is 12.1 Å². The van der Waals surface area contributed by atoms with Crippen molar-refractivity contribution in [3.05, 3.63) is 77.3 Å². The number of nitrogens with zero attached hydrogens (tertiary/aromatic N) is 3. The maximum absolute atomic E-state index is 14.6. The quantitative estimate of drug-likeness (QED) is 0.115. The van der Waals surface area contributed by atoms with Crippen molar-refractivity contribution in [2.75, 3.05) is 19.7 Å². The molecule has 1 atom stereocenters. The van der Waals surface area contributed by atoms with Gasteiger partial charge in [0.15, 0.2) is 0 Å². The Morgan fingerprint density at radius 1 is 1.22 bits per heavy atom. The number of amides is 1. The first-order valence-corrected chi connectivity index (χ1v) is 12.2. The summed E-state index contributed by atoms with van der Waals surface area (Å²) in [4.78, 5) is 10.4. The lowest BCUT2D eigenvalue weighted by molar-refractivity contribution is -0.109. The number of rotatable bonds is 14. The Labute approximate surface area is 215 Å². The molecule has 0 saturated heterocycles. The monoisotopic (exact) mass is 505 g/mol. The first kappa shape index (κ1) is 27.6. The zero-order chi connectivity index (χ0) is 26.6. The number of unbranched alkanes of at least 4 members (excludes halogenated alkanes) is 3. The van der Waals surface area contributed by atoms with Crippen LogP contribution in [0.15, 0.2) is 54.7 Å². The van der Waals surface area contributed by atoms with Crippen molar-refractivity contribution in [2.24, 2.45) is 7.05 Å². The topological polar surface area (TPSA) is 123 Å². The van der Waals surface area contributed by atoms with E-state index in [1.54, 1.807) is 10.7 Å². The van der Waals surface area contributed by atoms with Gasteiger partial charge in [0, 0.05) is 43.0 Å². The highest BCUT2D eigenvalue weighted by Gasteiger charge is 2.15. The molecule has 0 saturated carbocycles. The minimum absolute atomic E-state index is 0.0435. The van der Waals surface area contributed by atoms with Crippen molar-refractivity contribution in [1.82, 2.24) is 20.4 Å². The summed E-state index contributed by atoms with van der Waals surface area (Å²) in [6, 6.07) is 12.1. The first-order chi connectivity index (χ1) is 18.0. The number of aromatic nitrogens is 2. The Bertz CT molecular complexity index is 1310. The molecule has 4 N–H and O–H groups in total. The Morgan fingerprint density at radius 2 is 2.03 bits per heavy atom. The number of halogens is 1. The van der Waals surface area contributed by atoms with Gasteiger partial charge in [-0.3, -0.25) is 9.48 Å². The van der Waals surface area contributed by atoms with E-state index < -0.39 is 18.5 Å². The van der Waals surface area contributed by atoms with E-state index in [0.29, 0.717) is 29.8 Å². The molecule has 0 aliphatic heterocycles. The van der Waals surface area contributed by atoms with Crippen LogP contribution in [0.5, 0.6) is 0 Å². The van der Waals surface area contributed by atoms with Crippen molar-refractivity contribution in [3.8, 4) is 6.07 Å². The number of carbonyl (C=O) groups excluding carboxylic acids is 1. The molecule has 1 aromatic heterocycles. The number of hydrogen-bond donors (Lipinski definition) is 4. The largest absolute Gasteiger partial charge is 0.394 e. The molecule has 0 bridgehead atoms. The Balaban J connectivity index is 2.04. The van der Waals surface area contributed by atoms with Crippen LogP contribution in [0.3, 0.4) is 0 Å². The third kappa shape index (κ3) is 7.74. The van der Waals surface area contributed by atoms with Crippen molar-refractivity contribution in [1.29, 1.82) is 5.26 Å². The number of fused-ring (bicyclic) bond motifs is 1. The second kappa shape index (κ2) is 13.9. The number of aliphatic hydroxyl groups is 2. The smallest absolute Gasteiger partial charge is 0.207 e. The number of aryl methyl sites for hydroxylation is 1. The van der Waals surface area contributed by atoms with E-state index in [0.717, 1.165) is 42.1 Å².